The second kappa shape index (κ2) is 8.62. The zero-order chi connectivity index (χ0) is 22.0. The lowest BCUT2D eigenvalue weighted by atomic mass is 9.97. The number of carbonyl (C=O) groups is 1. The Bertz CT molecular complexity index is 1250. The van der Waals surface area contributed by atoms with Crippen molar-refractivity contribution in [2.45, 2.75) is 25.9 Å². The van der Waals surface area contributed by atoms with E-state index in [1.54, 1.807) is 6.92 Å². The molecular formula is C27H25NO3. The minimum Gasteiger partial charge on any atom is -0.481 e. The van der Waals surface area contributed by atoms with Gasteiger partial charge in [0.2, 0.25) is 0 Å². The summed E-state index contributed by atoms with van der Waals surface area (Å²) in [5, 5.41) is 20.0. The molecule has 0 aliphatic rings. The van der Waals surface area contributed by atoms with Crippen LogP contribution in [-0.4, -0.2) is 20.7 Å². The lowest BCUT2D eigenvalue weighted by Gasteiger charge is -2.09. The Hall–Kier alpha value is -3.63. The predicted molar refractivity (Wildman–Crippen MR) is 125 cm³/mol. The number of fused-ring (bicyclic) bond motifs is 1. The minimum absolute atomic E-state index is 0.103. The summed E-state index contributed by atoms with van der Waals surface area (Å²) in [4.78, 5) is 11.0. The molecule has 0 saturated heterocycles. The van der Waals surface area contributed by atoms with Crippen LogP contribution in [0.1, 0.15) is 36.1 Å². The van der Waals surface area contributed by atoms with Crippen molar-refractivity contribution in [2.75, 3.05) is 0 Å². The second-order valence-electron chi connectivity index (χ2n) is 7.72. The van der Waals surface area contributed by atoms with E-state index in [1.807, 2.05) is 54.6 Å². The molecule has 4 rings (SSSR count). The first-order chi connectivity index (χ1) is 15.0. The average Bonchev–Trinajstić information content (AvgIpc) is 3.16. The van der Waals surface area contributed by atoms with Crippen LogP contribution in [0.2, 0.25) is 0 Å². The molecule has 0 aliphatic carbocycles. The summed E-state index contributed by atoms with van der Waals surface area (Å²) in [6.45, 7) is 5.71. The number of nitrogens with zero attached hydrogens (tertiary/aromatic N) is 1. The SMILES string of the molecule is C=Cc1ccccc1-c1cn(-c2ccc(C(C)O)cc2)c2ccc(CCC(=O)O)cc12. The van der Waals surface area contributed by atoms with Crippen molar-refractivity contribution in [1.29, 1.82) is 0 Å². The Labute approximate surface area is 181 Å². The molecule has 156 valence electrons. The van der Waals surface area contributed by atoms with E-state index in [0.29, 0.717) is 6.42 Å². The molecule has 0 radical (unpaired) electrons. The summed E-state index contributed by atoms with van der Waals surface area (Å²) < 4.78 is 2.14. The van der Waals surface area contributed by atoms with Crippen molar-refractivity contribution >= 4 is 22.9 Å². The van der Waals surface area contributed by atoms with Crippen LogP contribution in [0.4, 0.5) is 0 Å². The van der Waals surface area contributed by atoms with Gasteiger partial charge < -0.3 is 14.8 Å². The Kier molecular flexibility index (Phi) is 5.74. The summed E-state index contributed by atoms with van der Waals surface area (Å²) in [6, 6.07) is 22.1. The van der Waals surface area contributed by atoms with E-state index < -0.39 is 12.1 Å². The fourth-order valence-electron chi connectivity index (χ4n) is 3.95. The fraction of sp³-hybridized carbons (Fsp3) is 0.148. The molecule has 0 amide bonds. The number of carboxylic acid groups (broad SMARTS) is 1. The number of carboxylic acids is 1. The highest BCUT2D eigenvalue weighted by Crippen LogP contribution is 2.36. The van der Waals surface area contributed by atoms with Crippen molar-refractivity contribution in [1.82, 2.24) is 4.57 Å². The van der Waals surface area contributed by atoms with E-state index in [2.05, 4.69) is 35.5 Å². The molecule has 4 heteroatoms. The van der Waals surface area contributed by atoms with E-state index in [9.17, 15) is 9.90 Å². The van der Waals surface area contributed by atoms with Crippen molar-refractivity contribution in [2.24, 2.45) is 0 Å². The maximum absolute atomic E-state index is 11.0. The van der Waals surface area contributed by atoms with Crippen LogP contribution in [0.3, 0.4) is 0 Å². The fourth-order valence-corrected chi connectivity index (χ4v) is 3.95. The van der Waals surface area contributed by atoms with Gasteiger partial charge in [0.25, 0.3) is 0 Å². The summed E-state index contributed by atoms with van der Waals surface area (Å²) in [5.74, 6) is -0.798. The van der Waals surface area contributed by atoms with Gasteiger partial charge in [0.05, 0.1) is 11.6 Å². The smallest absolute Gasteiger partial charge is 0.303 e. The van der Waals surface area contributed by atoms with E-state index in [-0.39, 0.29) is 6.42 Å². The standard InChI is InChI=1S/C27H25NO3/c1-3-20-6-4-5-7-23(20)25-17-28(22-12-10-21(11-13-22)18(2)29)26-14-8-19(16-24(25)26)9-15-27(30)31/h3-8,10-14,16-18,29H,1,9,15H2,2H3,(H,30,31). The van der Waals surface area contributed by atoms with Crippen LogP contribution >= 0.6 is 0 Å². The molecule has 0 spiro atoms. The van der Waals surface area contributed by atoms with Crippen molar-refractivity contribution in [3.8, 4) is 16.8 Å². The molecule has 1 unspecified atom stereocenters. The largest absolute Gasteiger partial charge is 0.481 e. The third-order valence-electron chi connectivity index (χ3n) is 5.62. The van der Waals surface area contributed by atoms with Crippen molar-refractivity contribution in [3.63, 3.8) is 0 Å². The number of hydrogen-bond donors (Lipinski definition) is 2. The van der Waals surface area contributed by atoms with Gasteiger partial charge in [0.1, 0.15) is 0 Å². The topological polar surface area (TPSA) is 62.5 Å². The first-order valence-corrected chi connectivity index (χ1v) is 10.3. The van der Waals surface area contributed by atoms with Crippen LogP contribution in [0.15, 0.2) is 79.5 Å². The Morgan fingerprint density at radius 2 is 1.81 bits per heavy atom. The molecule has 1 heterocycles. The molecule has 0 fully saturated rings. The number of rotatable bonds is 7. The maximum Gasteiger partial charge on any atom is 0.303 e. The molecule has 0 aliphatic heterocycles. The molecule has 1 aromatic heterocycles. The number of aliphatic hydroxyl groups is 1. The van der Waals surface area contributed by atoms with Crippen LogP contribution in [0, 0.1) is 0 Å². The lowest BCUT2D eigenvalue weighted by molar-refractivity contribution is -0.136. The quantitative estimate of drug-likeness (QED) is 0.391. The molecule has 3 aromatic carbocycles. The first kappa shape index (κ1) is 20.6. The van der Waals surface area contributed by atoms with Crippen LogP contribution in [0.25, 0.3) is 33.8 Å². The van der Waals surface area contributed by atoms with Crippen molar-refractivity contribution in [3.05, 3.63) is 96.2 Å². The van der Waals surface area contributed by atoms with E-state index in [1.165, 1.54) is 0 Å². The van der Waals surface area contributed by atoms with Gasteiger partial charge in [-0.05, 0) is 59.9 Å². The Morgan fingerprint density at radius 3 is 2.48 bits per heavy atom. The van der Waals surface area contributed by atoms with Gasteiger partial charge in [-0.3, -0.25) is 4.79 Å². The highest BCUT2D eigenvalue weighted by atomic mass is 16.4. The van der Waals surface area contributed by atoms with E-state index in [4.69, 9.17) is 5.11 Å². The highest BCUT2D eigenvalue weighted by molar-refractivity contribution is 5.99. The predicted octanol–water partition coefficient (Wildman–Crippen LogP) is 6.01. The maximum atomic E-state index is 11.0. The number of aromatic nitrogens is 1. The van der Waals surface area contributed by atoms with Gasteiger partial charge in [-0.15, -0.1) is 0 Å². The van der Waals surface area contributed by atoms with E-state index >= 15 is 0 Å². The molecule has 0 saturated carbocycles. The van der Waals surface area contributed by atoms with Gasteiger partial charge in [0, 0.05) is 29.3 Å². The average molecular weight is 412 g/mol. The van der Waals surface area contributed by atoms with Crippen LogP contribution < -0.4 is 0 Å². The summed E-state index contributed by atoms with van der Waals surface area (Å²) in [7, 11) is 0. The molecule has 4 nitrogen and oxygen atoms in total. The lowest BCUT2D eigenvalue weighted by Crippen LogP contribution is -1.97. The van der Waals surface area contributed by atoms with Crippen molar-refractivity contribution < 1.29 is 15.0 Å². The molecule has 1 atom stereocenters. The minimum atomic E-state index is -0.798. The monoisotopic (exact) mass is 411 g/mol. The number of hydrogen-bond acceptors (Lipinski definition) is 2. The Morgan fingerprint density at radius 1 is 1.06 bits per heavy atom. The number of aliphatic hydroxyl groups excluding tert-OH is 1. The third kappa shape index (κ3) is 4.16. The number of benzene rings is 3. The highest BCUT2D eigenvalue weighted by Gasteiger charge is 2.15. The Balaban J connectivity index is 1.91. The zero-order valence-corrected chi connectivity index (χ0v) is 17.5. The zero-order valence-electron chi connectivity index (χ0n) is 17.5. The van der Waals surface area contributed by atoms with Gasteiger partial charge in [-0.25, -0.2) is 0 Å². The third-order valence-corrected chi connectivity index (χ3v) is 5.62. The van der Waals surface area contributed by atoms with Crippen LogP contribution in [0.5, 0.6) is 0 Å². The van der Waals surface area contributed by atoms with E-state index in [0.717, 1.165) is 44.4 Å². The molecule has 0 bridgehead atoms. The van der Waals surface area contributed by atoms with Gasteiger partial charge >= 0.3 is 5.97 Å². The second-order valence-corrected chi connectivity index (χ2v) is 7.72. The molecule has 31 heavy (non-hydrogen) atoms. The number of aliphatic carboxylic acids is 1. The van der Waals surface area contributed by atoms with Gasteiger partial charge in [-0.1, -0.05) is 55.1 Å². The summed E-state index contributed by atoms with van der Waals surface area (Å²) in [5.41, 5.74) is 7.09. The normalized spacial score (nSPS) is 12.1. The summed E-state index contributed by atoms with van der Waals surface area (Å²) >= 11 is 0. The van der Waals surface area contributed by atoms with Gasteiger partial charge in [-0.2, -0.15) is 0 Å². The molecule has 4 aromatic rings. The number of aryl methyl sites for hydroxylation is 1. The summed E-state index contributed by atoms with van der Waals surface area (Å²) in [6.07, 6.45) is 4.05. The molecule has 2 N–H and O–H groups in total. The van der Waals surface area contributed by atoms with Gasteiger partial charge in [0.15, 0.2) is 0 Å². The van der Waals surface area contributed by atoms with Crippen LogP contribution in [-0.2, 0) is 11.2 Å². The molecular weight excluding hydrogens is 386 g/mol. The first-order valence-electron chi connectivity index (χ1n) is 10.3.